The van der Waals surface area contributed by atoms with Gasteiger partial charge in [0.2, 0.25) is 0 Å². The third-order valence-electron chi connectivity index (χ3n) is 3.25. The average Bonchev–Trinajstić information content (AvgIpc) is 2.96. The minimum Gasteiger partial charge on any atom is -0.377 e. The Bertz CT molecular complexity index is 720. The molecule has 0 saturated heterocycles. The van der Waals surface area contributed by atoms with Crippen molar-refractivity contribution in [3.05, 3.63) is 46.0 Å². The molecule has 114 valence electrons. The lowest BCUT2D eigenvalue weighted by atomic mass is 10.1. The van der Waals surface area contributed by atoms with Crippen LogP contribution in [0.15, 0.2) is 35.9 Å². The SMILES string of the molecule is O=C(Nc1cc(-c2cc(Cl)cc(Cl)c2)[nH]n1)C1=CCOCC1. The van der Waals surface area contributed by atoms with Crippen molar-refractivity contribution >= 4 is 34.9 Å². The van der Waals surface area contributed by atoms with Gasteiger partial charge in [-0.25, -0.2) is 0 Å². The van der Waals surface area contributed by atoms with Crippen molar-refractivity contribution in [2.75, 3.05) is 18.5 Å². The predicted molar refractivity (Wildman–Crippen MR) is 86.2 cm³/mol. The number of carbonyl (C=O) groups excluding carboxylic acids is 1. The largest absolute Gasteiger partial charge is 0.377 e. The van der Waals surface area contributed by atoms with Crippen molar-refractivity contribution in [1.82, 2.24) is 10.2 Å². The van der Waals surface area contributed by atoms with Crippen LogP contribution in [-0.2, 0) is 9.53 Å². The number of H-pyrrole nitrogens is 1. The first-order chi connectivity index (χ1) is 10.6. The first kappa shape index (κ1) is 15.1. The molecular weight excluding hydrogens is 325 g/mol. The molecule has 2 N–H and O–H groups in total. The van der Waals surface area contributed by atoms with Crippen LogP contribution < -0.4 is 5.32 Å². The van der Waals surface area contributed by atoms with Gasteiger partial charge in [-0.3, -0.25) is 9.89 Å². The summed E-state index contributed by atoms with van der Waals surface area (Å²) < 4.78 is 5.18. The van der Waals surface area contributed by atoms with E-state index in [1.807, 2.05) is 0 Å². The molecule has 0 atom stereocenters. The maximum absolute atomic E-state index is 12.1. The van der Waals surface area contributed by atoms with E-state index in [1.54, 1.807) is 30.3 Å². The lowest BCUT2D eigenvalue weighted by Crippen LogP contribution is -2.19. The molecule has 0 spiro atoms. The zero-order valence-corrected chi connectivity index (χ0v) is 13.0. The van der Waals surface area contributed by atoms with Gasteiger partial charge in [0.15, 0.2) is 5.82 Å². The monoisotopic (exact) mass is 337 g/mol. The maximum Gasteiger partial charge on any atom is 0.252 e. The summed E-state index contributed by atoms with van der Waals surface area (Å²) >= 11 is 12.0. The Morgan fingerprint density at radius 2 is 2.00 bits per heavy atom. The van der Waals surface area contributed by atoms with Crippen molar-refractivity contribution in [3.63, 3.8) is 0 Å². The molecule has 2 aromatic rings. The van der Waals surface area contributed by atoms with Crippen molar-refractivity contribution in [2.45, 2.75) is 6.42 Å². The first-order valence-electron chi connectivity index (χ1n) is 6.72. The average molecular weight is 338 g/mol. The fraction of sp³-hybridized carbons (Fsp3) is 0.200. The van der Waals surface area contributed by atoms with Crippen molar-refractivity contribution in [1.29, 1.82) is 0 Å². The summed E-state index contributed by atoms with van der Waals surface area (Å²) in [6.45, 7) is 1.03. The minimum absolute atomic E-state index is 0.162. The third kappa shape index (κ3) is 3.50. The van der Waals surface area contributed by atoms with E-state index in [0.717, 1.165) is 11.3 Å². The van der Waals surface area contributed by atoms with Crippen LogP contribution in [0.1, 0.15) is 6.42 Å². The molecule has 22 heavy (non-hydrogen) atoms. The van der Waals surface area contributed by atoms with Crippen molar-refractivity contribution in [2.24, 2.45) is 0 Å². The molecule has 0 unspecified atom stereocenters. The zero-order valence-electron chi connectivity index (χ0n) is 11.5. The predicted octanol–water partition coefficient (Wildman–Crippen LogP) is 3.67. The maximum atomic E-state index is 12.1. The van der Waals surface area contributed by atoms with Gasteiger partial charge < -0.3 is 10.1 Å². The van der Waals surface area contributed by atoms with Gasteiger partial charge in [-0.1, -0.05) is 29.3 Å². The smallest absolute Gasteiger partial charge is 0.252 e. The van der Waals surface area contributed by atoms with Crippen LogP contribution in [0.3, 0.4) is 0 Å². The molecule has 1 amide bonds. The van der Waals surface area contributed by atoms with Gasteiger partial charge in [0, 0.05) is 33.7 Å². The first-order valence-corrected chi connectivity index (χ1v) is 7.47. The molecular formula is C15H13Cl2N3O2. The number of amides is 1. The molecule has 0 aliphatic carbocycles. The third-order valence-corrected chi connectivity index (χ3v) is 3.68. The summed E-state index contributed by atoms with van der Waals surface area (Å²) in [5.41, 5.74) is 2.23. The number of benzene rings is 1. The quantitative estimate of drug-likeness (QED) is 0.897. The van der Waals surface area contributed by atoms with E-state index in [0.29, 0.717) is 41.1 Å². The molecule has 0 saturated carbocycles. The number of carbonyl (C=O) groups is 1. The molecule has 1 aromatic carbocycles. The fourth-order valence-corrected chi connectivity index (χ4v) is 2.70. The highest BCUT2D eigenvalue weighted by atomic mass is 35.5. The summed E-state index contributed by atoms with van der Waals surface area (Å²) in [6.07, 6.45) is 2.39. The van der Waals surface area contributed by atoms with Gasteiger partial charge in [-0.2, -0.15) is 5.10 Å². The van der Waals surface area contributed by atoms with Crippen LogP contribution in [-0.4, -0.2) is 29.3 Å². The lowest BCUT2D eigenvalue weighted by molar-refractivity contribution is -0.113. The molecule has 7 heteroatoms. The number of nitrogens with zero attached hydrogens (tertiary/aromatic N) is 1. The highest BCUT2D eigenvalue weighted by molar-refractivity contribution is 6.35. The summed E-state index contributed by atoms with van der Waals surface area (Å²) in [6, 6.07) is 6.93. The van der Waals surface area contributed by atoms with Crippen LogP contribution in [0.2, 0.25) is 10.0 Å². The topological polar surface area (TPSA) is 67.0 Å². The van der Waals surface area contributed by atoms with Crippen LogP contribution in [0.25, 0.3) is 11.3 Å². The molecule has 0 radical (unpaired) electrons. The normalized spacial score (nSPS) is 14.5. The Labute approximate surface area is 137 Å². The number of anilines is 1. The molecule has 1 aliphatic rings. The summed E-state index contributed by atoms with van der Waals surface area (Å²) in [4.78, 5) is 12.1. The van der Waals surface area contributed by atoms with Gasteiger partial charge in [0.05, 0.1) is 18.9 Å². The number of aromatic amines is 1. The van der Waals surface area contributed by atoms with Crippen LogP contribution in [0.4, 0.5) is 5.82 Å². The van der Waals surface area contributed by atoms with Crippen LogP contribution >= 0.6 is 23.2 Å². The van der Waals surface area contributed by atoms with Crippen LogP contribution in [0, 0.1) is 0 Å². The van der Waals surface area contributed by atoms with E-state index < -0.39 is 0 Å². The van der Waals surface area contributed by atoms with Crippen molar-refractivity contribution < 1.29 is 9.53 Å². The molecule has 0 fully saturated rings. The van der Waals surface area contributed by atoms with E-state index in [2.05, 4.69) is 15.5 Å². The fourth-order valence-electron chi connectivity index (χ4n) is 2.17. The van der Waals surface area contributed by atoms with E-state index in [9.17, 15) is 4.79 Å². The Balaban J connectivity index is 1.76. The van der Waals surface area contributed by atoms with Gasteiger partial charge in [-0.15, -0.1) is 0 Å². The molecule has 2 heterocycles. The summed E-state index contributed by atoms with van der Waals surface area (Å²) in [7, 11) is 0. The van der Waals surface area contributed by atoms with E-state index >= 15 is 0 Å². The second-order valence-corrected chi connectivity index (χ2v) is 5.71. The number of rotatable bonds is 3. The highest BCUT2D eigenvalue weighted by Crippen LogP contribution is 2.27. The molecule has 1 aromatic heterocycles. The van der Waals surface area contributed by atoms with E-state index in [1.165, 1.54) is 0 Å². The summed E-state index contributed by atoms with van der Waals surface area (Å²) in [5, 5.41) is 10.8. The van der Waals surface area contributed by atoms with Gasteiger partial charge in [0.25, 0.3) is 5.91 Å². The van der Waals surface area contributed by atoms with E-state index in [4.69, 9.17) is 27.9 Å². The Morgan fingerprint density at radius 3 is 2.68 bits per heavy atom. The minimum atomic E-state index is -0.162. The molecule has 1 aliphatic heterocycles. The number of halogens is 2. The molecule has 5 nitrogen and oxygen atoms in total. The molecule has 3 rings (SSSR count). The highest BCUT2D eigenvalue weighted by Gasteiger charge is 2.14. The number of ether oxygens (including phenoxy) is 1. The van der Waals surface area contributed by atoms with Gasteiger partial charge >= 0.3 is 0 Å². The summed E-state index contributed by atoms with van der Waals surface area (Å²) in [5.74, 6) is 0.286. The number of hydrogen-bond donors (Lipinski definition) is 2. The molecule has 0 bridgehead atoms. The van der Waals surface area contributed by atoms with E-state index in [-0.39, 0.29) is 5.91 Å². The van der Waals surface area contributed by atoms with Crippen LogP contribution in [0.5, 0.6) is 0 Å². The number of hydrogen-bond acceptors (Lipinski definition) is 3. The zero-order chi connectivity index (χ0) is 15.5. The lowest BCUT2D eigenvalue weighted by Gasteiger charge is -2.12. The number of nitrogens with one attached hydrogen (secondary N) is 2. The standard InChI is InChI=1S/C15H13Cl2N3O2/c16-11-5-10(6-12(17)7-11)13-8-14(20-19-13)18-15(21)9-1-3-22-4-2-9/h1,5-8H,2-4H2,(H2,18,19,20,21). The van der Waals surface area contributed by atoms with Gasteiger partial charge in [0.1, 0.15) is 0 Å². The Hall–Kier alpha value is -1.82. The Morgan fingerprint density at radius 1 is 1.23 bits per heavy atom. The number of aromatic nitrogens is 2. The second kappa shape index (κ2) is 6.52. The second-order valence-electron chi connectivity index (χ2n) is 4.83. The van der Waals surface area contributed by atoms with Gasteiger partial charge in [-0.05, 0) is 18.2 Å². The van der Waals surface area contributed by atoms with Crippen molar-refractivity contribution in [3.8, 4) is 11.3 Å². The Kier molecular flexibility index (Phi) is 4.47.